The van der Waals surface area contributed by atoms with Crippen molar-refractivity contribution < 1.29 is 9.53 Å². The van der Waals surface area contributed by atoms with Crippen LogP contribution in [-0.2, 0) is 9.53 Å². The molecule has 0 spiro atoms. The van der Waals surface area contributed by atoms with E-state index in [1.165, 1.54) is 6.08 Å². The van der Waals surface area contributed by atoms with Crippen molar-refractivity contribution in [2.24, 2.45) is 0 Å². The minimum atomic E-state index is -0.233. The van der Waals surface area contributed by atoms with E-state index < -0.39 is 0 Å². The molecule has 0 aliphatic carbocycles. The predicted octanol–water partition coefficient (Wildman–Crippen LogP) is 3.88. The van der Waals surface area contributed by atoms with Gasteiger partial charge in [0.05, 0.1) is 35.2 Å². The minimum absolute atomic E-state index is 0.233. The molecule has 0 radical (unpaired) electrons. The second kappa shape index (κ2) is 8.89. The molecule has 3 aromatic rings. The van der Waals surface area contributed by atoms with Crippen LogP contribution in [0.4, 0.5) is 16.5 Å². The highest BCUT2D eigenvalue weighted by Gasteiger charge is 2.18. The molecule has 7 heteroatoms. The number of benzene rings is 2. The summed E-state index contributed by atoms with van der Waals surface area (Å²) in [6, 6.07) is 17.2. The Morgan fingerprint density at radius 1 is 1.10 bits per heavy atom. The fourth-order valence-corrected chi connectivity index (χ4v) is 4.10. The van der Waals surface area contributed by atoms with Crippen LogP contribution in [0.15, 0.2) is 60.7 Å². The molecule has 0 saturated carbocycles. The Bertz CT molecular complexity index is 1010. The van der Waals surface area contributed by atoms with Gasteiger partial charge in [-0.15, -0.1) is 0 Å². The highest BCUT2D eigenvalue weighted by Crippen LogP contribution is 2.34. The number of nitrogens with one attached hydrogen (secondary N) is 1. The van der Waals surface area contributed by atoms with Gasteiger partial charge in [0.25, 0.3) is 0 Å². The zero-order valence-corrected chi connectivity index (χ0v) is 16.7. The predicted molar refractivity (Wildman–Crippen MR) is 119 cm³/mol. The third-order valence-electron chi connectivity index (χ3n) is 4.58. The molecular weight excluding hydrogens is 384 g/mol. The van der Waals surface area contributed by atoms with Gasteiger partial charge in [-0.1, -0.05) is 53.8 Å². The van der Waals surface area contributed by atoms with Gasteiger partial charge in [-0.05, 0) is 18.2 Å². The number of rotatable bonds is 5. The van der Waals surface area contributed by atoms with Crippen LogP contribution < -0.4 is 16.0 Å². The number of hydrogen-bond acceptors (Lipinski definition) is 6. The van der Waals surface area contributed by atoms with Crippen molar-refractivity contribution in [3.63, 3.8) is 0 Å². The SMILES string of the molecule is Nc1ccccc1NC(=O)/C=C/c1sc(N2CCOCC2)nc1-c1ccccc1. The molecule has 1 aromatic heterocycles. The number of para-hydroxylation sites is 2. The highest BCUT2D eigenvalue weighted by atomic mass is 32.1. The fourth-order valence-electron chi connectivity index (χ4n) is 3.06. The Labute approximate surface area is 173 Å². The van der Waals surface area contributed by atoms with Crippen molar-refractivity contribution >= 4 is 39.8 Å². The van der Waals surface area contributed by atoms with Crippen LogP contribution in [-0.4, -0.2) is 37.2 Å². The number of carbonyl (C=O) groups is 1. The molecule has 2 heterocycles. The Morgan fingerprint density at radius 2 is 1.83 bits per heavy atom. The van der Waals surface area contributed by atoms with Gasteiger partial charge < -0.3 is 20.7 Å². The van der Waals surface area contributed by atoms with E-state index in [0.29, 0.717) is 24.6 Å². The third kappa shape index (κ3) is 4.64. The van der Waals surface area contributed by atoms with Crippen molar-refractivity contribution in [1.82, 2.24) is 4.98 Å². The lowest BCUT2D eigenvalue weighted by molar-refractivity contribution is -0.111. The molecule has 1 aliphatic rings. The van der Waals surface area contributed by atoms with Crippen LogP contribution in [0.25, 0.3) is 17.3 Å². The number of ether oxygens (including phenoxy) is 1. The summed E-state index contributed by atoms with van der Waals surface area (Å²) in [6.45, 7) is 3.04. The summed E-state index contributed by atoms with van der Waals surface area (Å²) >= 11 is 1.58. The first-order chi connectivity index (χ1) is 14.2. The van der Waals surface area contributed by atoms with E-state index in [2.05, 4.69) is 10.2 Å². The maximum absolute atomic E-state index is 12.4. The number of morpholine rings is 1. The second-order valence-electron chi connectivity index (χ2n) is 6.58. The average molecular weight is 407 g/mol. The van der Waals surface area contributed by atoms with E-state index in [0.717, 1.165) is 34.4 Å². The van der Waals surface area contributed by atoms with E-state index in [4.69, 9.17) is 15.5 Å². The van der Waals surface area contributed by atoms with Gasteiger partial charge in [-0.2, -0.15) is 0 Å². The zero-order valence-electron chi connectivity index (χ0n) is 15.9. The van der Waals surface area contributed by atoms with Gasteiger partial charge in [0, 0.05) is 24.7 Å². The molecule has 1 amide bonds. The molecule has 1 saturated heterocycles. The van der Waals surface area contributed by atoms with E-state index >= 15 is 0 Å². The number of anilines is 3. The number of amides is 1. The van der Waals surface area contributed by atoms with Gasteiger partial charge >= 0.3 is 0 Å². The smallest absolute Gasteiger partial charge is 0.248 e. The van der Waals surface area contributed by atoms with Crippen LogP contribution in [0.1, 0.15) is 4.88 Å². The molecule has 3 N–H and O–H groups in total. The van der Waals surface area contributed by atoms with E-state index in [1.807, 2.05) is 48.5 Å². The normalized spacial score (nSPS) is 14.3. The molecule has 0 bridgehead atoms. The minimum Gasteiger partial charge on any atom is -0.397 e. The Morgan fingerprint density at radius 3 is 2.59 bits per heavy atom. The van der Waals surface area contributed by atoms with Crippen LogP contribution in [0, 0.1) is 0 Å². The van der Waals surface area contributed by atoms with Crippen LogP contribution >= 0.6 is 11.3 Å². The summed E-state index contributed by atoms with van der Waals surface area (Å²) in [6.07, 6.45) is 3.34. The monoisotopic (exact) mass is 406 g/mol. The molecule has 1 fully saturated rings. The molecule has 1 aliphatic heterocycles. The Kier molecular flexibility index (Phi) is 5.88. The lowest BCUT2D eigenvalue weighted by Crippen LogP contribution is -2.36. The maximum atomic E-state index is 12.4. The third-order valence-corrected chi connectivity index (χ3v) is 5.66. The van der Waals surface area contributed by atoms with Crippen molar-refractivity contribution in [3.05, 3.63) is 65.6 Å². The standard InChI is InChI=1S/C22H22N4O2S/c23-17-8-4-5-9-18(17)24-20(27)11-10-19-21(16-6-2-1-3-7-16)25-22(29-19)26-12-14-28-15-13-26/h1-11H,12-15,23H2,(H,24,27)/b11-10+. The molecule has 4 rings (SSSR count). The number of thiazole rings is 1. The van der Waals surface area contributed by atoms with E-state index in [-0.39, 0.29) is 5.91 Å². The number of nitrogens with zero attached hydrogens (tertiary/aromatic N) is 2. The zero-order chi connectivity index (χ0) is 20.1. The molecule has 6 nitrogen and oxygen atoms in total. The van der Waals surface area contributed by atoms with Crippen LogP contribution in [0.2, 0.25) is 0 Å². The largest absolute Gasteiger partial charge is 0.397 e. The molecule has 29 heavy (non-hydrogen) atoms. The van der Waals surface area contributed by atoms with Crippen LogP contribution in [0.5, 0.6) is 0 Å². The first-order valence-electron chi connectivity index (χ1n) is 9.43. The quantitative estimate of drug-likeness (QED) is 0.496. The van der Waals surface area contributed by atoms with Crippen molar-refractivity contribution in [3.8, 4) is 11.3 Å². The summed E-state index contributed by atoms with van der Waals surface area (Å²) in [5, 5.41) is 3.76. The van der Waals surface area contributed by atoms with Gasteiger partial charge in [0.15, 0.2) is 5.13 Å². The molecule has 0 atom stereocenters. The fraction of sp³-hybridized carbons (Fsp3) is 0.182. The number of nitrogens with two attached hydrogens (primary N) is 1. The number of nitrogen functional groups attached to an aromatic ring is 1. The highest BCUT2D eigenvalue weighted by molar-refractivity contribution is 7.17. The lowest BCUT2D eigenvalue weighted by Gasteiger charge is -2.26. The molecule has 2 aromatic carbocycles. The lowest BCUT2D eigenvalue weighted by atomic mass is 10.1. The maximum Gasteiger partial charge on any atom is 0.248 e. The van der Waals surface area contributed by atoms with Crippen molar-refractivity contribution in [1.29, 1.82) is 0 Å². The summed E-state index contributed by atoms with van der Waals surface area (Å²) in [7, 11) is 0. The van der Waals surface area contributed by atoms with Crippen LogP contribution in [0.3, 0.4) is 0 Å². The molecular formula is C22H22N4O2S. The summed E-state index contributed by atoms with van der Waals surface area (Å²) in [4.78, 5) is 20.4. The van der Waals surface area contributed by atoms with Gasteiger partial charge in [-0.25, -0.2) is 4.98 Å². The number of hydrogen-bond donors (Lipinski definition) is 2. The van der Waals surface area contributed by atoms with Gasteiger partial charge in [-0.3, -0.25) is 4.79 Å². The topological polar surface area (TPSA) is 80.5 Å². The first-order valence-corrected chi connectivity index (χ1v) is 10.2. The summed E-state index contributed by atoms with van der Waals surface area (Å²) in [5.41, 5.74) is 8.93. The molecule has 0 unspecified atom stereocenters. The average Bonchev–Trinajstić information content (AvgIpc) is 3.20. The second-order valence-corrected chi connectivity index (χ2v) is 7.59. The van der Waals surface area contributed by atoms with Crippen molar-refractivity contribution in [2.45, 2.75) is 0 Å². The summed E-state index contributed by atoms with van der Waals surface area (Å²) in [5.74, 6) is -0.233. The number of carbonyl (C=O) groups excluding carboxylic acids is 1. The van der Waals surface area contributed by atoms with E-state index in [1.54, 1.807) is 23.5 Å². The Balaban J connectivity index is 1.59. The summed E-state index contributed by atoms with van der Waals surface area (Å²) < 4.78 is 5.45. The Hall–Kier alpha value is -3.16. The first kappa shape index (κ1) is 19.2. The van der Waals surface area contributed by atoms with E-state index in [9.17, 15) is 4.79 Å². The molecule has 148 valence electrons. The number of aromatic nitrogens is 1. The van der Waals surface area contributed by atoms with Gasteiger partial charge in [0.1, 0.15) is 0 Å². The van der Waals surface area contributed by atoms with Gasteiger partial charge in [0.2, 0.25) is 5.91 Å². The van der Waals surface area contributed by atoms with Crippen molar-refractivity contribution in [2.75, 3.05) is 42.3 Å².